The van der Waals surface area contributed by atoms with Gasteiger partial charge in [0.05, 0.1) is 17.3 Å². The number of benzene rings is 1. The number of nitrogens with one attached hydrogen (secondary N) is 2. The highest BCUT2D eigenvalue weighted by Crippen LogP contribution is 2.15. The van der Waals surface area contributed by atoms with Gasteiger partial charge in [-0.25, -0.2) is 0 Å². The Labute approximate surface area is 107 Å². The number of hydrogen-bond donors (Lipinski definition) is 3. The van der Waals surface area contributed by atoms with Gasteiger partial charge in [0.1, 0.15) is 0 Å². The number of carbonyl (C=O) groups is 2. The zero-order valence-electron chi connectivity index (χ0n) is 10.7. The number of amides is 2. The van der Waals surface area contributed by atoms with Crippen molar-refractivity contribution < 1.29 is 9.59 Å². The standard InChI is InChI=1S/C13H19N3O2/c1-3-8-15-13(18)10-6-4-5-7-11(10)16-12(17)9(2)14/h4-7,9H,3,8,14H2,1-2H3,(H,15,18)(H,16,17). The molecule has 0 bridgehead atoms. The average Bonchev–Trinajstić information content (AvgIpc) is 2.36. The van der Waals surface area contributed by atoms with E-state index >= 15 is 0 Å². The second-order valence-electron chi connectivity index (χ2n) is 4.08. The van der Waals surface area contributed by atoms with Crippen molar-refractivity contribution in [2.24, 2.45) is 5.73 Å². The van der Waals surface area contributed by atoms with E-state index in [1.165, 1.54) is 0 Å². The summed E-state index contributed by atoms with van der Waals surface area (Å²) in [5.74, 6) is -0.511. The summed E-state index contributed by atoms with van der Waals surface area (Å²) in [6.07, 6.45) is 0.861. The third-order valence-corrected chi connectivity index (χ3v) is 2.38. The fourth-order valence-corrected chi connectivity index (χ4v) is 1.37. The second-order valence-corrected chi connectivity index (χ2v) is 4.08. The summed E-state index contributed by atoms with van der Waals surface area (Å²) in [6.45, 7) is 4.17. The van der Waals surface area contributed by atoms with Crippen molar-refractivity contribution in [1.29, 1.82) is 0 Å². The summed E-state index contributed by atoms with van der Waals surface area (Å²) in [4.78, 5) is 23.4. The fourth-order valence-electron chi connectivity index (χ4n) is 1.37. The van der Waals surface area contributed by atoms with Gasteiger partial charge in [-0.3, -0.25) is 9.59 Å². The topological polar surface area (TPSA) is 84.2 Å². The number of para-hydroxylation sites is 1. The first-order chi connectivity index (χ1) is 8.56. The van der Waals surface area contributed by atoms with Gasteiger partial charge in [-0.1, -0.05) is 19.1 Å². The molecular formula is C13H19N3O2. The zero-order chi connectivity index (χ0) is 13.5. The van der Waals surface area contributed by atoms with Crippen molar-refractivity contribution in [3.63, 3.8) is 0 Å². The van der Waals surface area contributed by atoms with E-state index in [0.29, 0.717) is 17.8 Å². The van der Waals surface area contributed by atoms with Crippen molar-refractivity contribution in [1.82, 2.24) is 5.32 Å². The molecule has 0 spiro atoms. The fraction of sp³-hybridized carbons (Fsp3) is 0.385. The van der Waals surface area contributed by atoms with Gasteiger partial charge in [-0.05, 0) is 25.5 Å². The summed E-state index contributed by atoms with van der Waals surface area (Å²) >= 11 is 0. The van der Waals surface area contributed by atoms with E-state index in [1.807, 2.05) is 6.92 Å². The highest BCUT2D eigenvalue weighted by atomic mass is 16.2. The number of anilines is 1. The van der Waals surface area contributed by atoms with Crippen LogP contribution in [0, 0.1) is 0 Å². The van der Waals surface area contributed by atoms with E-state index < -0.39 is 6.04 Å². The normalized spacial score (nSPS) is 11.7. The highest BCUT2D eigenvalue weighted by Gasteiger charge is 2.14. The van der Waals surface area contributed by atoms with Crippen LogP contribution in [0.4, 0.5) is 5.69 Å². The smallest absolute Gasteiger partial charge is 0.253 e. The van der Waals surface area contributed by atoms with Gasteiger partial charge >= 0.3 is 0 Å². The van der Waals surface area contributed by atoms with Crippen molar-refractivity contribution in [3.8, 4) is 0 Å². The first-order valence-corrected chi connectivity index (χ1v) is 6.00. The molecule has 1 atom stereocenters. The van der Waals surface area contributed by atoms with Crippen LogP contribution in [0.3, 0.4) is 0 Å². The molecule has 18 heavy (non-hydrogen) atoms. The Morgan fingerprint density at radius 3 is 2.61 bits per heavy atom. The van der Waals surface area contributed by atoms with E-state index in [2.05, 4.69) is 10.6 Å². The minimum atomic E-state index is -0.614. The molecule has 0 saturated heterocycles. The van der Waals surface area contributed by atoms with E-state index in [4.69, 9.17) is 5.73 Å². The Morgan fingerprint density at radius 2 is 2.00 bits per heavy atom. The highest BCUT2D eigenvalue weighted by molar-refractivity contribution is 6.04. The number of carbonyl (C=O) groups excluding carboxylic acids is 2. The molecule has 0 aliphatic heterocycles. The quantitative estimate of drug-likeness (QED) is 0.731. The van der Waals surface area contributed by atoms with E-state index in [0.717, 1.165) is 6.42 Å². The first kappa shape index (κ1) is 14.2. The summed E-state index contributed by atoms with van der Waals surface area (Å²) in [5, 5.41) is 5.41. The molecule has 0 aliphatic rings. The summed E-state index contributed by atoms with van der Waals surface area (Å²) < 4.78 is 0. The maximum absolute atomic E-state index is 11.9. The molecule has 5 nitrogen and oxygen atoms in total. The molecule has 0 heterocycles. The third kappa shape index (κ3) is 3.85. The van der Waals surface area contributed by atoms with Crippen LogP contribution in [0.1, 0.15) is 30.6 Å². The molecule has 0 radical (unpaired) electrons. The molecule has 0 aromatic heterocycles. The van der Waals surface area contributed by atoms with E-state index in [9.17, 15) is 9.59 Å². The Balaban J connectivity index is 2.85. The van der Waals surface area contributed by atoms with E-state index in [1.54, 1.807) is 31.2 Å². The number of rotatable bonds is 5. The minimum Gasteiger partial charge on any atom is -0.352 e. The lowest BCUT2D eigenvalue weighted by Gasteiger charge is -2.12. The zero-order valence-corrected chi connectivity index (χ0v) is 10.7. The van der Waals surface area contributed by atoms with Crippen LogP contribution in [0.5, 0.6) is 0 Å². The molecule has 1 aromatic carbocycles. The van der Waals surface area contributed by atoms with Crippen LogP contribution < -0.4 is 16.4 Å². The number of nitrogens with two attached hydrogens (primary N) is 1. The minimum absolute atomic E-state index is 0.197. The van der Waals surface area contributed by atoms with Crippen LogP contribution in [0.25, 0.3) is 0 Å². The van der Waals surface area contributed by atoms with Gasteiger partial charge in [0.2, 0.25) is 5.91 Å². The molecule has 5 heteroatoms. The van der Waals surface area contributed by atoms with Crippen LogP contribution >= 0.6 is 0 Å². The van der Waals surface area contributed by atoms with Gasteiger partial charge in [0.25, 0.3) is 5.91 Å². The summed E-state index contributed by atoms with van der Waals surface area (Å²) in [6, 6.07) is 6.25. The first-order valence-electron chi connectivity index (χ1n) is 6.00. The van der Waals surface area contributed by atoms with Crippen molar-refractivity contribution in [2.75, 3.05) is 11.9 Å². The molecule has 0 fully saturated rings. The molecule has 1 aromatic rings. The Kier molecular flexibility index (Phi) is 5.32. The van der Waals surface area contributed by atoms with Crippen LogP contribution in [0.15, 0.2) is 24.3 Å². The maximum atomic E-state index is 11.9. The van der Waals surface area contributed by atoms with Gasteiger partial charge < -0.3 is 16.4 Å². The van der Waals surface area contributed by atoms with Crippen LogP contribution in [0.2, 0.25) is 0 Å². The second kappa shape index (κ2) is 6.76. The molecule has 98 valence electrons. The van der Waals surface area contributed by atoms with Gasteiger partial charge in [0, 0.05) is 6.54 Å². The van der Waals surface area contributed by atoms with Gasteiger partial charge in [-0.15, -0.1) is 0 Å². The largest absolute Gasteiger partial charge is 0.352 e. The molecule has 1 unspecified atom stereocenters. The molecule has 0 saturated carbocycles. The van der Waals surface area contributed by atoms with Crippen molar-refractivity contribution in [2.45, 2.75) is 26.3 Å². The Hall–Kier alpha value is -1.88. The Bertz CT molecular complexity index is 430. The molecule has 2 amide bonds. The SMILES string of the molecule is CCCNC(=O)c1ccccc1NC(=O)C(C)N. The maximum Gasteiger partial charge on any atom is 0.253 e. The van der Waals surface area contributed by atoms with Gasteiger partial charge in [0.15, 0.2) is 0 Å². The lowest BCUT2D eigenvalue weighted by molar-refractivity contribution is -0.117. The summed E-state index contributed by atoms with van der Waals surface area (Å²) in [5.41, 5.74) is 6.40. The average molecular weight is 249 g/mol. The van der Waals surface area contributed by atoms with Crippen molar-refractivity contribution in [3.05, 3.63) is 29.8 Å². The molecular weight excluding hydrogens is 230 g/mol. The lowest BCUT2D eigenvalue weighted by atomic mass is 10.1. The van der Waals surface area contributed by atoms with Gasteiger partial charge in [-0.2, -0.15) is 0 Å². The molecule has 0 aliphatic carbocycles. The van der Waals surface area contributed by atoms with Crippen molar-refractivity contribution >= 4 is 17.5 Å². The lowest BCUT2D eigenvalue weighted by Crippen LogP contribution is -2.33. The monoisotopic (exact) mass is 249 g/mol. The predicted octanol–water partition coefficient (Wildman–Crippen LogP) is 1.11. The predicted molar refractivity (Wildman–Crippen MR) is 71.3 cm³/mol. The third-order valence-electron chi connectivity index (χ3n) is 2.38. The summed E-state index contributed by atoms with van der Waals surface area (Å²) in [7, 11) is 0. The van der Waals surface area contributed by atoms with Crippen LogP contribution in [-0.2, 0) is 4.79 Å². The van der Waals surface area contributed by atoms with Crippen LogP contribution in [-0.4, -0.2) is 24.4 Å². The Morgan fingerprint density at radius 1 is 1.33 bits per heavy atom. The van der Waals surface area contributed by atoms with E-state index in [-0.39, 0.29) is 11.8 Å². The number of hydrogen-bond acceptors (Lipinski definition) is 3. The molecule has 1 rings (SSSR count). The molecule has 4 N–H and O–H groups in total.